The van der Waals surface area contributed by atoms with Gasteiger partial charge in [0.2, 0.25) is 0 Å². The van der Waals surface area contributed by atoms with Gasteiger partial charge in [-0.15, -0.1) is 0 Å². The van der Waals surface area contributed by atoms with Gasteiger partial charge in [-0.25, -0.2) is 8.42 Å². The molecule has 2 rings (SSSR count). The van der Waals surface area contributed by atoms with Gasteiger partial charge in [0.25, 0.3) is 10.0 Å². The standard InChI is InChI=1S/C6H9N3O3S/c10-13(11,6-2-3-7-8-6)9-4-1-5-12-9/h2-3H,1,4-5H2,(H,7,8). The molecule has 0 amide bonds. The van der Waals surface area contributed by atoms with Crippen molar-refractivity contribution >= 4 is 10.0 Å². The maximum absolute atomic E-state index is 11.6. The van der Waals surface area contributed by atoms with Crippen LogP contribution in [-0.2, 0) is 14.9 Å². The van der Waals surface area contributed by atoms with Gasteiger partial charge in [-0.3, -0.25) is 9.94 Å². The lowest BCUT2D eigenvalue weighted by atomic mass is 10.5. The van der Waals surface area contributed by atoms with E-state index in [1.54, 1.807) is 0 Å². The summed E-state index contributed by atoms with van der Waals surface area (Å²) in [5.74, 6) is 0. The number of nitrogens with zero attached hydrogens (tertiary/aromatic N) is 2. The second-order valence-electron chi connectivity index (χ2n) is 2.64. The monoisotopic (exact) mass is 203 g/mol. The highest BCUT2D eigenvalue weighted by Crippen LogP contribution is 2.16. The number of aromatic nitrogens is 2. The van der Waals surface area contributed by atoms with Crippen LogP contribution in [0.25, 0.3) is 0 Å². The van der Waals surface area contributed by atoms with Crippen molar-refractivity contribution < 1.29 is 13.3 Å². The van der Waals surface area contributed by atoms with Crippen molar-refractivity contribution in [2.24, 2.45) is 0 Å². The first kappa shape index (κ1) is 8.67. The fourth-order valence-electron chi connectivity index (χ4n) is 1.11. The van der Waals surface area contributed by atoms with E-state index in [-0.39, 0.29) is 5.03 Å². The van der Waals surface area contributed by atoms with Gasteiger partial charge in [-0.05, 0) is 12.5 Å². The van der Waals surface area contributed by atoms with Crippen LogP contribution in [0.5, 0.6) is 0 Å². The number of hydroxylamine groups is 1. The lowest BCUT2D eigenvalue weighted by Crippen LogP contribution is -2.27. The molecule has 1 aromatic rings. The lowest BCUT2D eigenvalue weighted by molar-refractivity contribution is -0.0286. The summed E-state index contributed by atoms with van der Waals surface area (Å²) >= 11 is 0. The van der Waals surface area contributed by atoms with Crippen LogP contribution in [-0.4, -0.2) is 36.2 Å². The second-order valence-corrected chi connectivity index (χ2v) is 4.44. The Balaban J connectivity index is 2.30. The van der Waals surface area contributed by atoms with E-state index in [1.165, 1.54) is 12.3 Å². The van der Waals surface area contributed by atoms with E-state index in [1.807, 2.05) is 0 Å². The number of rotatable bonds is 2. The zero-order chi connectivity index (χ0) is 9.31. The third-order valence-electron chi connectivity index (χ3n) is 1.74. The molecule has 6 nitrogen and oxygen atoms in total. The number of aromatic amines is 1. The second kappa shape index (κ2) is 3.09. The maximum Gasteiger partial charge on any atom is 0.281 e. The van der Waals surface area contributed by atoms with Crippen molar-refractivity contribution in [1.29, 1.82) is 0 Å². The Bertz CT molecular complexity index is 366. The Kier molecular flexibility index (Phi) is 2.06. The average molecular weight is 203 g/mol. The van der Waals surface area contributed by atoms with Crippen molar-refractivity contribution in [1.82, 2.24) is 14.7 Å². The highest BCUT2D eigenvalue weighted by atomic mass is 32.2. The molecule has 0 atom stereocenters. The van der Waals surface area contributed by atoms with E-state index in [2.05, 4.69) is 10.2 Å². The molecule has 1 N–H and O–H groups in total. The Morgan fingerprint density at radius 2 is 2.46 bits per heavy atom. The Labute approximate surface area is 75.5 Å². The highest BCUT2D eigenvalue weighted by Gasteiger charge is 2.29. The fraction of sp³-hybridized carbons (Fsp3) is 0.500. The van der Waals surface area contributed by atoms with Gasteiger partial charge in [0, 0.05) is 6.54 Å². The summed E-state index contributed by atoms with van der Waals surface area (Å²) in [5.41, 5.74) is 0. The predicted octanol–water partition coefficient (Wildman–Crippen LogP) is -0.264. The molecule has 1 aromatic heterocycles. The zero-order valence-corrected chi connectivity index (χ0v) is 7.62. The Morgan fingerprint density at radius 1 is 1.62 bits per heavy atom. The van der Waals surface area contributed by atoms with E-state index in [0.29, 0.717) is 13.2 Å². The third-order valence-corrected chi connectivity index (χ3v) is 3.35. The molecule has 2 heterocycles. The first-order chi connectivity index (χ1) is 6.21. The summed E-state index contributed by atoms with van der Waals surface area (Å²) in [4.78, 5) is 4.94. The van der Waals surface area contributed by atoms with Gasteiger partial charge in [-0.1, -0.05) is 4.47 Å². The van der Waals surface area contributed by atoms with Crippen molar-refractivity contribution in [3.8, 4) is 0 Å². The largest absolute Gasteiger partial charge is 0.284 e. The summed E-state index contributed by atoms with van der Waals surface area (Å²) in [6.07, 6.45) is 2.12. The molecule has 0 bridgehead atoms. The van der Waals surface area contributed by atoms with Crippen LogP contribution >= 0.6 is 0 Å². The Hall–Kier alpha value is -0.920. The zero-order valence-electron chi connectivity index (χ0n) is 6.80. The van der Waals surface area contributed by atoms with Gasteiger partial charge in [0.05, 0.1) is 12.8 Å². The molecular formula is C6H9N3O3S. The summed E-state index contributed by atoms with van der Waals surface area (Å²) in [7, 11) is -3.50. The van der Waals surface area contributed by atoms with Crippen LogP contribution in [0.15, 0.2) is 17.3 Å². The number of H-pyrrole nitrogens is 1. The van der Waals surface area contributed by atoms with Crippen molar-refractivity contribution in [2.45, 2.75) is 11.4 Å². The number of hydrogen-bond acceptors (Lipinski definition) is 4. The smallest absolute Gasteiger partial charge is 0.281 e. The molecule has 1 fully saturated rings. The summed E-state index contributed by atoms with van der Waals surface area (Å²) < 4.78 is 24.2. The minimum Gasteiger partial charge on any atom is -0.284 e. The van der Waals surface area contributed by atoms with Gasteiger partial charge in [0.15, 0.2) is 5.03 Å². The summed E-state index contributed by atoms with van der Waals surface area (Å²) in [6, 6.07) is 1.40. The molecule has 0 saturated carbocycles. The van der Waals surface area contributed by atoms with Crippen LogP contribution in [0.2, 0.25) is 0 Å². The van der Waals surface area contributed by atoms with Crippen LogP contribution in [0.4, 0.5) is 0 Å². The van der Waals surface area contributed by atoms with Crippen molar-refractivity contribution in [3.05, 3.63) is 12.3 Å². The first-order valence-electron chi connectivity index (χ1n) is 3.86. The molecule has 0 spiro atoms. The molecule has 72 valence electrons. The van der Waals surface area contributed by atoms with E-state index in [4.69, 9.17) is 4.84 Å². The van der Waals surface area contributed by atoms with E-state index in [0.717, 1.165) is 10.9 Å². The van der Waals surface area contributed by atoms with Crippen molar-refractivity contribution in [2.75, 3.05) is 13.2 Å². The minimum absolute atomic E-state index is 0.0643. The molecule has 0 radical (unpaired) electrons. The summed E-state index contributed by atoms with van der Waals surface area (Å²) in [6.45, 7) is 0.856. The van der Waals surface area contributed by atoms with Crippen LogP contribution in [0.1, 0.15) is 6.42 Å². The molecule has 0 aromatic carbocycles. The normalized spacial score (nSPS) is 19.4. The average Bonchev–Trinajstić information content (AvgIpc) is 2.78. The minimum atomic E-state index is -3.50. The van der Waals surface area contributed by atoms with Crippen LogP contribution in [0, 0.1) is 0 Å². The van der Waals surface area contributed by atoms with E-state index in [9.17, 15) is 8.42 Å². The first-order valence-corrected chi connectivity index (χ1v) is 5.30. The van der Waals surface area contributed by atoms with Gasteiger partial charge in [-0.2, -0.15) is 5.10 Å². The van der Waals surface area contributed by atoms with Gasteiger partial charge >= 0.3 is 0 Å². The molecule has 1 saturated heterocycles. The van der Waals surface area contributed by atoms with E-state index < -0.39 is 10.0 Å². The number of nitrogens with one attached hydrogen (secondary N) is 1. The molecule has 1 aliphatic rings. The fourth-order valence-corrected chi connectivity index (χ4v) is 2.31. The van der Waals surface area contributed by atoms with Crippen LogP contribution < -0.4 is 0 Å². The van der Waals surface area contributed by atoms with Crippen molar-refractivity contribution in [3.63, 3.8) is 0 Å². The van der Waals surface area contributed by atoms with Gasteiger partial charge < -0.3 is 0 Å². The Morgan fingerprint density at radius 3 is 3.00 bits per heavy atom. The highest BCUT2D eigenvalue weighted by molar-refractivity contribution is 7.88. The topological polar surface area (TPSA) is 75.3 Å². The van der Waals surface area contributed by atoms with E-state index >= 15 is 0 Å². The lowest BCUT2D eigenvalue weighted by Gasteiger charge is -2.11. The van der Waals surface area contributed by atoms with Gasteiger partial charge in [0.1, 0.15) is 0 Å². The van der Waals surface area contributed by atoms with Crippen LogP contribution in [0.3, 0.4) is 0 Å². The number of sulfonamides is 1. The third kappa shape index (κ3) is 1.45. The molecular weight excluding hydrogens is 194 g/mol. The molecule has 7 heteroatoms. The quantitative estimate of drug-likeness (QED) is 0.718. The predicted molar refractivity (Wildman–Crippen MR) is 43.0 cm³/mol. The molecule has 13 heavy (non-hydrogen) atoms. The maximum atomic E-state index is 11.6. The summed E-state index contributed by atoms with van der Waals surface area (Å²) in [5, 5.41) is 6.03. The SMILES string of the molecule is O=S(=O)(c1ccn[nH]1)N1CCCO1. The molecule has 0 unspecified atom stereocenters. The molecule has 0 aliphatic carbocycles. The number of hydrogen-bond donors (Lipinski definition) is 1. The molecule has 1 aliphatic heterocycles.